The predicted molar refractivity (Wildman–Crippen MR) is 177 cm³/mol. The smallest absolute Gasteiger partial charge is 0.306 e. The molecule has 47 heavy (non-hydrogen) atoms. The molecule has 2 aliphatic carbocycles. The number of ketones is 1. The van der Waals surface area contributed by atoms with Crippen LogP contribution in [0, 0.1) is 11.7 Å². The fraction of sp³-hybridized carbons (Fsp3) is 0.528. The van der Waals surface area contributed by atoms with Crippen molar-refractivity contribution < 1.29 is 33.4 Å². The fourth-order valence-electron chi connectivity index (χ4n) is 7.40. The van der Waals surface area contributed by atoms with Crippen LogP contribution in [-0.4, -0.2) is 63.4 Å². The van der Waals surface area contributed by atoms with E-state index in [0.29, 0.717) is 44.1 Å². The molecule has 1 aromatic heterocycles. The highest BCUT2D eigenvalue weighted by Crippen LogP contribution is 2.38. The Kier molecular flexibility index (Phi) is 10.3. The van der Waals surface area contributed by atoms with Gasteiger partial charge < -0.3 is 24.5 Å². The van der Waals surface area contributed by atoms with Crippen LogP contribution in [0.2, 0.25) is 5.02 Å². The molecule has 0 spiro atoms. The molecule has 0 radical (unpaired) electrons. The van der Waals surface area contributed by atoms with Gasteiger partial charge in [0.05, 0.1) is 28.3 Å². The number of carbonyl (C=O) groups is 3. The van der Waals surface area contributed by atoms with Crippen LogP contribution in [0.25, 0.3) is 10.9 Å². The number of halogens is 2. The highest BCUT2D eigenvalue weighted by molar-refractivity contribution is 6.34. The lowest BCUT2D eigenvalue weighted by Gasteiger charge is -2.42. The Labute approximate surface area is 279 Å². The van der Waals surface area contributed by atoms with Gasteiger partial charge in [0.2, 0.25) is 6.41 Å². The number of fused-ring (bicyclic) bond motifs is 1. The van der Waals surface area contributed by atoms with E-state index in [2.05, 4.69) is 10.2 Å². The van der Waals surface area contributed by atoms with Gasteiger partial charge in [0.25, 0.3) is 5.91 Å². The Balaban J connectivity index is 1.18. The lowest BCUT2D eigenvalue weighted by atomic mass is 9.79. The Hall–Kier alpha value is -3.31. The number of Topliss-reactive ketones (excluding diaryl/α,β-unsaturated/α-hetero) is 1. The van der Waals surface area contributed by atoms with Crippen molar-refractivity contribution in [1.29, 1.82) is 0 Å². The van der Waals surface area contributed by atoms with E-state index in [4.69, 9.17) is 21.1 Å². The average Bonchev–Trinajstić information content (AvgIpc) is 3.73. The van der Waals surface area contributed by atoms with Gasteiger partial charge in [0, 0.05) is 43.7 Å². The minimum atomic E-state index is -1.13. The van der Waals surface area contributed by atoms with E-state index >= 15 is 4.39 Å². The summed E-state index contributed by atoms with van der Waals surface area (Å²) in [7, 11) is 1.85. The van der Waals surface area contributed by atoms with E-state index in [1.807, 2.05) is 35.9 Å². The Morgan fingerprint density at radius 3 is 2.45 bits per heavy atom. The van der Waals surface area contributed by atoms with Crippen molar-refractivity contribution >= 4 is 45.9 Å². The number of hydrogen-bond acceptors (Lipinski definition) is 6. The first-order valence-corrected chi connectivity index (χ1v) is 17.2. The van der Waals surface area contributed by atoms with Crippen LogP contribution in [0.4, 0.5) is 10.1 Å². The third-order valence-electron chi connectivity index (χ3n) is 10.1. The standard InChI is InChI=1S/C36H43ClFN3O6/c1-40-22-27(26-9-3-4-10-31(26)40)33(43)39-30-21-29(38)24(19-28(30)37)20-32(42)36(15-5-2-6-16-36)47-35(41-17-7-8-18-41)46-25-13-11-23(12-14-25)34(44)45/h3-4,9-10,19,21-23,25,35H,2,5-8,11-18,20H2,1H3,(H,39,43)(H,44,45). The van der Waals surface area contributed by atoms with Crippen LogP contribution in [-0.2, 0) is 32.5 Å². The second-order valence-corrected chi connectivity index (χ2v) is 13.7. The lowest BCUT2D eigenvalue weighted by molar-refractivity contribution is -0.287. The van der Waals surface area contributed by atoms with E-state index in [9.17, 15) is 19.5 Å². The summed E-state index contributed by atoms with van der Waals surface area (Å²) in [6.07, 6.45) is 8.62. The van der Waals surface area contributed by atoms with Crippen molar-refractivity contribution in [3.05, 3.63) is 64.6 Å². The van der Waals surface area contributed by atoms with Crippen LogP contribution in [0.15, 0.2) is 42.6 Å². The van der Waals surface area contributed by atoms with Gasteiger partial charge in [-0.1, -0.05) is 49.1 Å². The summed E-state index contributed by atoms with van der Waals surface area (Å²) in [5.41, 5.74) is 0.471. The largest absolute Gasteiger partial charge is 0.481 e. The number of benzene rings is 2. The number of nitrogens with zero attached hydrogens (tertiary/aromatic N) is 2. The zero-order valence-electron chi connectivity index (χ0n) is 26.8. The zero-order valence-corrected chi connectivity index (χ0v) is 27.6. The van der Waals surface area contributed by atoms with E-state index < -0.39 is 29.7 Å². The van der Waals surface area contributed by atoms with E-state index in [1.54, 1.807) is 6.20 Å². The first-order valence-electron chi connectivity index (χ1n) is 16.8. The van der Waals surface area contributed by atoms with Crippen molar-refractivity contribution in [2.75, 3.05) is 18.4 Å². The van der Waals surface area contributed by atoms with Gasteiger partial charge >= 0.3 is 5.97 Å². The monoisotopic (exact) mass is 667 g/mol. The molecule has 3 aliphatic rings. The molecular weight excluding hydrogens is 625 g/mol. The molecule has 1 amide bonds. The van der Waals surface area contributed by atoms with E-state index in [0.717, 1.165) is 56.1 Å². The molecule has 1 saturated heterocycles. The molecule has 1 aliphatic heterocycles. The number of hydrogen-bond donors (Lipinski definition) is 2. The number of amides is 1. The number of nitrogens with one attached hydrogen (secondary N) is 1. The maximum atomic E-state index is 15.6. The highest BCUT2D eigenvalue weighted by atomic mass is 35.5. The van der Waals surface area contributed by atoms with E-state index in [1.165, 1.54) is 12.1 Å². The maximum absolute atomic E-state index is 15.6. The molecule has 6 rings (SSSR count). The highest BCUT2D eigenvalue weighted by Gasteiger charge is 2.45. The summed E-state index contributed by atoms with van der Waals surface area (Å²) < 4.78 is 30.7. The number of carbonyl (C=O) groups excluding carboxylic acids is 2. The van der Waals surface area contributed by atoms with Crippen LogP contribution in [0.1, 0.15) is 86.6 Å². The number of aryl methyl sites for hydroxylation is 1. The number of aromatic nitrogens is 1. The van der Waals surface area contributed by atoms with Crippen LogP contribution in [0.5, 0.6) is 0 Å². The number of likely N-dealkylation sites (tertiary alicyclic amines) is 1. The van der Waals surface area contributed by atoms with Gasteiger partial charge in [-0.05, 0) is 75.1 Å². The SMILES string of the molecule is Cn1cc(C(=O)Nc2cc(F)c(CC(=O)C3(OC(OC4CCC(C(=O)O)CC4)N4CCCC4)CCCCC3)cc2Cl)c2ccccc21. The van der Waals surface area contributed by atoms with E-state index in [-0.39, 0.29) is 40.5 Å². The molecular formula is C36H43ClFN3O6. The topological polar surface area (TPSA) is 110 Å². The van der Waals surface area contributed by atoms with Gasteiger partial charge in [-0.2, -0.15) is 0 Å². The summed E-state index contributed by atoms with van der Waals surface area (Å²) in [5.74, 6) is -2.39. The zero-order chi connectivity index (χ0) is 33.1. The molecule has 11 heteroatoms. The quantitative estimate of drug-likeness (QED) is 0.210. The van der Waals surface area contributed by atoms with Gasteiger partial charge in [-0.3, -0.25) is 19.3 Å². The third-order valence-corrected chi connectivity index (χ3v) is 10.5. The second kappa shape index (κ2) is 14.4. The van der Waals surface area contributed by atoms with Crippen LogP contribution >= 0.6 is 11.6 Å². The van der Waals surface area contributed by atoms with Crippen molar-refractivity contribution in [2.24, 2.45) is 13.0 Å². The molecule has 1 atom stereocenters. The lowest BCUT2D eigenvalue weighted by Crippen LogP contribution is -2.52. The maximum Gasteiger partial charge on any atom is 0.306 e. The van der Waals surface area contributed by atoms with Crippen molar-refractivity contribution in [1.82, 2.24) is 9.47 Å². The van der Waals surface area contributed by atoms with Gasteiger partial charge in [0.1, 0.15) is 11.4 Å². The average molecular weight is 668 g/mol. The molecule has 252 valence electrons. The third kappa shape index (κ3) is 7.41. The van der Waals surface area contributed by atoms with Gasteiger partial charge in [0.15, 0.2) is 5.78 Å². The first kappa shape index (κ1) is 33.6. The molecule has 2 saturated carbocycles. The Morgan fingerprint density at radius 2 is 1.74 bits per heavy atom. The summed E-state index contributed by atoms with van der Waals surface area (Å²) in [6.45, 7) is 1.57. The Bertz CT molecular complexity index is 1620. The molecule has 2 N–H and O–H groups in total. The second-order valence-electron chi connectivity index (χ2n) is 13.3. The van der Waals surface area contributed by atoms with Crippen molar-refractivity contribution in [2.45, 2.75) is 95.2 Å². The number of aliphatic carboxylic acids is 1. The summed E-state index contributed by atoms with van der Waals surface area (Å²) in [5, 5.41) is 13.1. The molecule has 3 fully saturated rings. The number of carboxylic acids is 1. The molecule has 9 nitrogen and oxygen atoms in total. The molecule has 2 heterocycles. The normalized spacial score (nSPS) is 22.3. The number of carboxylic acid groups (broad SMARTS) is 1. The number of ether oxygens (including phenoxy) is 2. The van der Waals surface area contributed by atoms with Crippen LogP contribution < -0.4 is 5.32 Å². The van der Waals surface area contributed by atoms with Crippen LogP contribution in [0.3, 0.4) is 0 Å². The minimum Gasteiger partial charge on any atom is -0.481 e. The molecule has 1 unspecified atom stereocenters. The molecule has 2 aromatic carbocycles. The molecule has 0 bridgehead atoms. The van der Waals surface area contributed by atoms with Gasteiger partial charge in [-0.25, -0.2) is 4.39 Å². The number of para-hydroxylation sites is 1. The van der Waals surface area contributed by atoms with Crippen molar-refractivity contribution in [3.63, 3.8) is 0 Å². The predicted octanol–water partition coefficient (Wildman–Crippen LogP) is 7.09. The van der Waals surface area contributed by atoms with Crippen molar-refractivity contribution in [3.8, 4) is 0 Å². The Morgan fingerprint density at radius 1 is 1.04 bits per heavy atom. The first-order chi connectivity index (χ1) is 22.6. The number of rotatable bonds is 11. The van der Waals surface area contributed by atoms with Gasteiger partial charge in [-0.15, -0.1) is 0 Å². The summed E-state index contributed by atoms with van der Waals surface area (Å²) in [4.78, 5) is 40.9. The number of anilines is 1. The molecule has 3 aromatic rings. The minimum absolute atomic E-state index is 0.127. The summed E-state index contributed by atoms with van der Waals surface area (Å²) >= 11 is 6.58. The summed E-state index contributed by atoms with van der Waals surface area (Å²) in [6, 6.07) is 10.1. The fourth-order valence-corrected chi connectivity index (χ4v) is 7.63.